The van der Waals surface area contributed by atoms with Gasteiger partial charge in [0.1, 0.15) is 5.75 Å². The number of hydrogen-bond donors (Lipinski definition) is 1. The predicted octanol–water partition coefficient (Wildman–Crippen LogP) is 3.39. The number of likely N-dealkylation sites (tertiary alicyclic amines) is 1. The van der Waals surface area contributed by atoms with Gasteiger partial charge in [-0.15, -0.1) is 0 Å². The zero-order chi connectivity index (χ0) is 16.4. The summed E-state index contributed by atoms with van der Waals surface area (Å²) in [7, 11) is 1.69. The highest BCUT2D eigenvalue weighted by atomic mass is 16.5. The van der Waals surface area contributed by atoms with E-state index in [2.05, 4.69) is 30.0 Å². The molecular weight excluding hydrogens is 290 g/mol. The zero-order valence-corrected chi connectivity index (χ0v) is 13.7. The van der Waals surface area contributed by atoms with Crippen molar-refractivity contribution < 1.29 is 14.6 Å². The molecule has 4 nitrogen and oxygen atoms in total. The Balaban J connectivity index is 1.92. The number of ether oxygens (including phenoxy) is 1. The molecule has 3 rings (SSSR count). The van der Waals surface area contributed by atoms with Crippen LogP contribution in [0.25, 0.3) is 10.8 Å². The van der Waals surface area contributed by atoms with Gasteiger partial charge in [-0.1, -0.05) is 37.3 Å². The highest BCUT2D eigenvalue weighted by molar-refractivity contribution is 5.87. The number of methoxy groups -OCH3 is 1. The van der Waals surface area contributed by atoms with Crippen molar-refractivity contribution in [2.45, 2.75) is 19.9 Å². The molecule has 0 saturated carbocycles. The molecule has 0 aliphatic carbocycles. The van der Waals surface area contributed by atoms with E-state index in [1.165, 1.54) is 10.8 Å². The van der Waals surface area contributed by atoms with Gasteiger partial charge in [0.05, 0.1) is 13.0 Å². The van der Waals surface area contributed by atoms with Crippen LogP contribution in [0, 0.1) is 11.8 Å². The second-order valence-electron chi connectivity index (χ2n) is 6.54. The SMILES string of the molecule is COc1ccc2ccccc2c1CN1CC(C)CC(C(=O)O)C1. The van der Waals surface area contributed by atoms with E-state index in [1.54, 1.807) is 7.11 Å². The molecule has 1 saturated heterocycles. The topological polar surface area (TPSA) is 49.8 Å². The molecule has 1 aliphatic rings. The molecule has 2 aromatic rings. The van der Waals surface area contributed by atoms with Crippen LogP contribution in [0.1, 0.15) is 18.9 Å². The highest BCUT2D eigenvalue weighted by Gasteiger charge is 2.30. The van der Waals surface area contributed by atoms with Gasteiger partial charge in [-0.05, 0) is 29.2 Å². The van der Waals surface area contributed by atoms with Crippen molar-refractivity contribution in [3.05, 3.63) is 42.0 Å². The van der Waals surface area contributed by atoms with Crippen molar-refractivity contribution in [2.24, 2.45) is 11.8 Å². The molecule has 1 N–H and O–H groups in total. The Kier molecular flexibility index (Phi) is 4.53. The fourth-order valence-electron chi connectivity index (χ4n) is 3.66. The van der Waals surface area contributed by atoms with Crippen LogP contribution in [-0.2, 0) is 11.3 Å². The lowest BCUT2D eigenvalue weighted by Crippen LogP contribution is -2.42. The number of piperidine rings is 1. The first-order chi connectivity index (χ1) is 11.1. The summed E-state index contributed by atoms with van der Waals surface area (Å²) in [4.78, 5) is 13.6. The first kappa shape index (κ1) is 15.8. The number of carbonyl (C=O) groups is 1. The summed E-state index contributed by atoms with van der Waals surface area (Å²) >= 11 is 0. The molecule has 1 fully saturated rings. The number of nitrogens with zero attached hydrogens (tertiary/aromatic N) is 1. The van der Waals surface area contributed by atoms with Gasteiger partial charge in [0, 0.05) is 25.2 Å². The summed E-state index contributed by atoms with van der Waals surface area (Å²) < 4.78 is 5.55. The number of fused-ring (bicyclic) bond motifs is 1. The molecule has 23 heavy (non-hydrogen) atoms. The fraction of sp³-hybridized carbons (Fsp3) is 0.421. The van der Waals surface area contributed by atoms with Gasteiger partial charge in [-0.25, -0.2) is 0 Å². The van der Waals surface area contributed by atoms with Crippen LogP contribution in [0.4, 0.5) is 0 Å². The third-order valence-corrected chi connectivity index (χ3v) is 4.68. The van der Waals surface area contributed by atoms with Gasteiger partial charge in [0.15, 0.2) is 0 Å². The largest absolute Gasteiger partial charge is 0.496 e. The molecule has 4 heteroatoms. The lowest BCUT2D eigenvalue weighted by Gasteiger charge is -2.35. The monoisotopic (exact) mass is 313 g/mol. The van der Waals surface area contributed by atoms with Gasteiger partial charge in [-0.3, -0.25) is 9.69 Å². The standard InChI is InChI=1S/C19H23NO3/c1-13-9-15(19(21)22)11-20(10-13)12-17-16-6-4-3-5-14(16)7-8-18(17)23-2/h3-8,13,15H,9-12H2,1-2H3,(H,21,22). The molecule has 2 atom stereocenters. The summed E-state index contributed by atoms with van der Waals surface area (Å²) in [5, 5.41) is 11.7. The summed E-state index contributed by atoms with van der Waals surface area (Å²) in [6.45, 7) is 4.38. The van der Waals surface area contributed by atoms with Gasteiger partial charge < -0.3 is 9.84 Å². The normalized spacial score (nSPS) is 22.2. The Morgan fingerprint density at radius 2 is 2.04 bits per heavy atom. The third kappa shape index (κ3) is 3.32. The van der Waals surface area contributed by atoms with Crippen molar-refractivity contribution in [1.29, 1.82) is 0 Å². The molecule has 1 heterocycles. The molecule has 0 radical (unpaired) electrons. The molecule has 2 unspecified atom stereocenters. The molecule has 0 aromatic heterocycles. The Labute approximate surface area is 136 Å². The number of aliphatic carboxylic acids is 1. The van der Waals surface area contributed by atoms with Crippen LogP contribution < -0.4 is 4.74 Å². The molecule has 0 spiro atoms. The van der Waals surface area contributed by atoms with Gasteiger partial charge in [-0.2, -0.15) is 0 Å². The van der Waals surface area contributed by atoms with E-state index in [0.29, 0.717) is 12.5 Å². The van der Waals surface area contributed by atoms with Crippen molar-refractivity contribution in [1.82, 2.24) is 4.90 Å². The van der Waals surface area contributed by atoms with E-state index >= 15 is 0 Å². The van der Waals surface area contributed by atoms with E-state index in [9.17, 15) is 9.90 Å². The molecule has 0 amide bonds. The van der Waals surface area contributed by atoms with E-state index in [1.807, 2.05) is 18.2 Å². The maximum atomic E-state index is 11.4. The second kappa shape index (κ2) is 6.59. The van der Waals surface area contributed by atoms with Gasteiger partial charge >= 0.3 is 5.97 Å². The Morgan fingerprint density at radius 1 is 1.26 bits per heavy atom. The summed E-state index contributed by atoms with van der Waals surface area (Å²) in [5.41, 5.74) is 1.14. The Hall–Kier alpha value is -2.07. The van der Waals surface area contributed by atoms with Crippen LogP contribution in [0.5, 0.6) is 5.75 Å². The minimum Gasteiger partial charge on any atom is -0.496 e. The van der Waals surface area contributed by atoms with E-state index in [4.69, 9.17) is 4.74 Å². The maximum absolute atomic E-state index is 11.4. The lowest BCUT2D eigenvalue weighted by atomic mass is 9.90. The second-order valence-corrected chi connectivity index (χ2v) is 6.54. The van der Waals surface area contributed by atoms with Crippen molar-refractivity contribution >= 4 is 16.7 Å². The van der Waals surface area contributed by atoms with E-state index in [0.717, 1.165) is 30.8 Å². The smallest absolute Gasteiger partial charge is 0.307 e. The highest BCUT2D eigenvalue weighted by Crippen LogP contribution is 2.31. The van der Waals surface area contributed by atoms with Crippen molar-refractivity contribution in [3.63, 3.8) is 0 Å². The Bertz CT molecular complexity index is 713. The molecule has 122 valence electrons. The quantitative estimate of drug-likeness (QED) is 0.940. The number of rotatable bonds is 4. The maximum Gasteiger partial charge on any atom is 0.307 e. The first-order valence-corrected chi connectivity index (χ1v) is 8.08. The average molecular weight is 313 g/mol. The van der Waals surface area contributed by atoms with Crippen LogP contribution in [0.15, 0.2) is 36.4 Å². The van der Waals surface area contributed by atoms with Gasteiger partial charge in [0.2, 0.25) is 0 Å². The molecule has 2 aromatic carbocycles. The summed E-state index contributed by atoms with van der Waals surface area (Å²) in [6.07, 6.45) is 0.762. The Morgan fingerprint density at radius 3 is 2.78 bits per heavy atom. The third-order valence-electron chi connectivity index (χ3n) is 4.68. The first-order valence-electron chi connectivity index (χ1n) is 8.08. The number of hydrogen-bond acceptors (Lipinski definition) is 3. The van der Waals surface area contributed by atoms with Crippen LogP contribution in [0.2, 0.25) is 0 Å². The predicted molar refractivity (Wildman–Crippen MR) is 90.7 cm³/mol. The molecule has 1 aliphatic heterocycles. The fourth-order valence-corrected chi connectivity index (χ4v) is 3.66. The zero-order valence-electron chi connectivity index (χ0n) is 13.7. The molecular formula is C19H23NO3. The van der Waals surface area contributed by atoms with Crippen LogP contribution in [-0.4, -0.2) is 36.2 Å². The number of benzene rings is 2. The van der Waals surface area contributed by atoms with Crippen molar-refractivity contribution in [3.8, 4) is 5.75 Å². The van der Waals surface area contributed by atoms with Crippen LogP contribution >= 0.6 is 0 Å². The van der Waals surface area contributed by atoms with E-state index < -0.39 is 5.97 Å². The minimum atomic E-state index is -0.688. The summed E-state index contributed by atoms with van der Waals surface area (Å²) in [6, 6.07) is 12.3. The molecule has 0 bridgehead atoms. The van der Waals surface area contributed by atoms with Gasteiger partial charge in [0.25, 0.3) is 0 Å². The van der Waals surface area contributed by atoms with Crippen LogP contribution in [0.3, 0.4) is 0 Å². The lowest BCUT2D eigenvalue weighted by molar-refractivity contribution is -0.144. The van der Waals surface area contributed by atoms with E-state index in [-0.39, 0.29) is 5.92 Å². The average Bonchev–Trinajstić information content (AvgIpc) is 2.54. The number of carboxylic acid groups (broad SMARTS) is 1. The van der Waals surface area contributed by atoms with Crippen molar-refractivity contribution in [2.75, 3.05) is 20.2 Å². The number of carboxylic acids is 1. The summed E-state index contributed by atoms with van der Waals surface area (Å²) in [5.74, 6) is 0.297. The minimum absolute atomic E-state index is 0.278.